The summed E-state index contributed by atoms with van der Waals surface area (Å²) in [6.45, 7) is 7.40. The van der Waals surface area contributed by atoms with E-state index >= 15 is 0 Å². The summed E-state index contributed by atoms with van der Waals surface area (Å²) in [7, 11) is 0. The molecule has 1 aromatic carbocycles. The van der Waals surface area contributed by atoms with E-state index in [1.807, 2.05) is 45.0 Å². The number of amides is 2. The molecular weight excluding hydrogens is 418 g/mol. The summed E-state index contributed by atoms with van der Waals surface area (Å²) in [6.07, 6.45) is 1.99. The maximum Gasteiger partial charge on any atom is 0.331 e. The highest BCUT2D eigenvalue weighted by Crippen LogP contribution is 2.36. The van der Waals surface area contributed by atoms with Gasteiger partial charge in [0.2, 0.25) is 11.8 Å². The molecule has 0 radical (unpaired) electrons. The van der Waals surface area contributed by atoms with Gasteiger partial charge in [-0.2, -0.15) is 0 Å². The van der Waals surface area contributed by atoms with Crippen molar-refractivity contribution < 1.29 is 19.5 Å². The van der Waals surface area contributed by atoms with Crippen LogP contribution in [0.5, 0.6) is 0 Å². The molecule has 2 aromatic rings. The van der Waals surface area contributed by atoms with E-state index in [0.29, 0.717) is 30.5 Å². The molecule has 2 amide bonds. The second-order valence-corrected chi connectivity index (χ2v) is 9.37. The highest BCUT2D eigenvalue weighted by Gasteiger charge is 2.51. The Morgan fingerprint density at radius 2 is 1.79 bits per heavy atom. The number of nitrogens with zero attached hydrogens (tertiary/aromatic N) is 2. The number of rotatable bonds is 6. The zero-order valence-electron chi connectivity index (χ0n) is 19.5. The van der Waals surface area contributed by atoms with Crippen LogP contribution >= 0.6 is 0 Å². The highest BCUT2D eigenvalue weighted by molar-refractivity contribution is 5.99. The van der Waals surface area contributed by atoms with Gasteiger partial charge in [0.15, 0.2) is 6.04 Å². The van der Waals surface area contributed by atoms with Gasteiger partial charge in [-0.25, -0.2) is 4.79 Å². The fourth-order valence-corrected chi connectivity index (χ4v) is 5.30. The van der Waals surface area contributed by atoms with Crippen molar-refractivity contribution >= 4 is 17.8 Å². The van der Waals surface area contributed by atoms with Crippen LogP contribution in [0.25, 0.3) is 0 Å². The number of hydrogen-bond acceptors (Lipinski definition) is 4. The van der Waals surface area contributed by atoms with Crippen molar-refractivity contribution in [3.8, 4) is 0 Å². The number of hydrogen-bond donors (Lipinski definition) is 2. The van der Waals surface area contributed by atoms with Crippen LogP contribution in [0, 0.1) is 25.7 Å². The smallest absolute Gasteiger partial charge is 0.331 e. The standard InChI is InChI=1S/C26H31N3O4/c1-5-14(2)22-24(30)28-21(19-12-17-8-6-7-9-18(17)13-19)25(31)29(22)23(26(32)33)20-11-10-15(3)27-16(20)4/h6-11,14,19,21-23H,5,12-13H2,1-4H3,(H,28,30)(H,32,33)/t14-,21+,22+,23+/m0/s1. The Bertz CT molecular complexity index is 1070. The molecule has 0 saturated carbocycles. The summed E-state index contributed by atoms with van der Waals surface area (Å²) in [6, 6.07) is 8.61. The maximum absolute atomic E-state index is 14.0. The molecule has 1 saturated heterocycles. The Morgan fingerprint density at radius 3 is 2.33 bits per heavy atom. The molecule has 4 atom stereocenters. The van der Waals surface area contributed by atoms with Crippen molar-refractivity contribution in [2.24, 2.45) is 11.8 Å². The van der Waals surface area contributed by atoms with Crippen LogP contribution in [0.15, 0.2) is 36.4 Å². The summed E-state index contributed by atoms with van der Waals surface area (Å²) in [5.74, 6) is -2.07. The predicted octanol–water partition coefficient (Wildman–Crippen LogP) is 2.98. The topological polar surface area (TPSA) is 99.6 Å². The van der Waals surface area contributed by atoms with Crippen molar-refractivity contribution in [3.63, 3.8) is 0 Å². The van der Waals surface area contributed by atoms with Crippen LogP contribution in [0.4, 0.5) is 0 Å². The summed E-state index contributed by atoms with van der Waals surface area (Å²) < 4.78 is 0. The third-order valence-electron chi connectivity index (χ3n) is 7.20. The average Bonchev–Trinajstić information content (AvgIpc) is 3.20. The molecule has 7 nitrogen and oxygen atoms in total. The van der Waals surface area contributed by atoms with Gasteiger partial charge < -0.3 is 15.3 Å². The molecule has 2 heterocycles. The first kappa shape index (κ1) is 23.0. The van der Waals surface area contributed by atoms with Crippen LogP contribution in [0.3, 0.4) is 0 Å². The van der Waals surface area contributed by atoms with Crippen LogP contribution in [-0.4, -0.2) is 44.9 Å². The van der Waals surface area contributed by atoms with Crippen molar-refractivity contribution in [1.82, 2.24) is 15.2 Å². The van der Waals surface area contributed by atoms with Crippen LogP contribution in [0.1, 0.15) is 54.4 Å². The summed E-state index contributed by atoms with van der Waals surface area (Å²) in [5, 5.41) is 13.3. The van der Waals surface area contributed by atoms with Crippen molar-refractivity contribution in [2.45, 2.75) is 65.1 Å². The second kappa shape index (κ2) is 8.96. The van der Waals surface area contributed by atoms with Gasteiger partial charge in [0, 0.05) is 17.0 Å². The van der Waals surface area contributed by atoms with Gasteiger partial charge in [-0.15, -0.1) is 0 Å². The SMILES string of the molecule is CC[C@H](C)[C@@H]1C(=O)N[C@H](C2Cc3ccccc3C2)C(=O)N1[C@@H](C(=O)O)c1ccc(C)nc1C. The van der Waals surface area contributed by atoms with Crippen LogP contribution in [-0.2, 0) is 27.2 Å². The van der Waals surface area contributed by atoms with Crippen LogP contribution in [0.2, 0.25) is 0 Å². The number of fused-ring (bicyclic) bond motifs is 1. The van der Waals surface area contributed by atoms with Gasteiger partial charge in [-0.3, -0.25) is 14.6 Å². The summed E-state index contributed by atoms with van der Waals surface area (Å²) in [4.78, 5) is 45.7. The molecule has 2 N–H and O–H groups in total. The molecule has 2 aliphatic rings. The van der Waals surface area contributed by atoms with E-state index in [1.165, 1.54) is 16.0 Å². The largest absolute Gasteiger partial charge is 0.479 e. The minimum Gasteiger partial charge on any atom is -0.479 e. The zero-order valence-corrected chi connectivity index (χ0v) is 19.5. The minimum atomic E-state index is -1.28. The molecule has 7 heteroatoms. The van der Waals surface area contributed by atoms with E-state index in [2.05, 4.69) is 10.3 Å². The van der Waals surface area contributed by atoms with Crippen LogP contribution < -0.4 is 5.32 Å². The number of carboxylic acid groups (broad SMARTS) is 1. The van der Waals surface area contributed by atoms with Gasteiger partial charge in [0.25, 0.3) is 0 Å². The molecule has 33 heavy (non-hydrogen) atoms. The van der Waals surface area contributed by atoms with E-state index in [4.69, 9.17) is 0 Å². The monoisotopic (exact) mass is 449 g/mol. The number of nitrogens with one attached hydrogen (secondary N) is 1. The molecule has 1 aliphatic heterocycles. The van der Waals surface area contributed by atoms with E-state index in [1.54, 1.807) is 19.1 Å². The first-order valence-electron chi connectivity index (χ1n) is 11.6. The molecular formula is C26H31N3O4. The normalized spacial score (nSPS) is 22.6. The Morgan fingerprint density at radius 1 is 1.15 bits per heavy atom. The van der Waals surface area contributed by atoms with Gasteiger partial charge in [-0.05, 0) is 55.7 Å². The summed E-state index contributed by atoms with van der Waals surface area (Å²) in [5.41, 5.74) is 4.11. The molecule has 174 valence electrons. The van der Waals surface area contributed by atoms with Gasteiger partial charge in [0.05, 0.1) is 0 Å². The number of carbonyl (C=O) groups excluding carboxylic acids is 2. The zero-order chi connectivity index (χ0) is 23.9. The Labute approximate surface area is 194 Å². The fraction of sp³-hybridized carbons (Fsp3) is 0.462. The number of carbonyl (C=O) groups is 3. The number of piperazine rings is 1. The number of carboxylic acids is 1. The van der Waals surface area contributed by atoms with Gasteiger partial charge >= 0.3 is 5.97 Å². The number of benzene rings is 1. The quantitative estimate of drug-likeness (QED) is 0.706. The van der Waals surface area contributed by atoms with Crippen molar-refractivity contribution in [2.75, 3.05) is 0 Å². The fourth-order valence-electron chi connectivity index (χ4n) is 5.30. The molecule has 0 spiro atoms. The number of aliphatic carboxylic acids is 1. The third kappa shape index (κ3) is 4.12. The van der Waals surface area contributed by atoms with E-state index < -0.39 is 24.1 Å². The van der Waals surface area contributed by atoms with Crippen molar-refractivity contribution in [1.29, 1.82) is 0 Å². The lowest BCUT2D eigenvalue weighted by molar-refractivity contribution is -0.164. The second-order valence-electron chi connectivity index (χ2n) is 9.37. The first-order chi connectivity index (χ1) is 15.7. The lowest BCUT2D eigenvalue weighted by atomic mass is 9.86. The van der Waals surface area contributed by atoms with Gasteiger partial charge in [0.1, 0.15) is 12.1 Å². The molecule has 0 unspecified atom stereocenters. The Balaban J connectivity index is 1.76. The number of aryl methyl sites for hydroxylation is 2. The van der Waals surface area contributed by atoms with E-state index in [-0.39, 0.29) is 23.7 Å². The Kier molecular flexibility index (Phi) is 6.23. The molecule has 1 aliphatic carbocycles. The highest BCUT2D eigenvalue weighted by atomic mass is 16.4. The van der Waals surface area contributed by atoms with Gasteiger partial charge in [-0.1, -0.05) is 50.6 Å². The first-order valence-corrected chi connectivity index (χ1v) is 11.6. The lowest BCUT2D eigenvalue weighted by Crippen LogP contribution is -2.68. The van der Waals surface area contributed by atoms with Crippen molar-refractivity contribution in [3.05, 3.63) is 64.5 Å². The maximum atomic E-state index is 14.0. The molecule has 1 fully saturated rings. The van der Waals surface area contributed by atoms with E-state index in [9.17, 15) is 19.5 Å². The Hall–Kier alpha value is -3.22. The van der Waals surface area contributed by atoms with E-state index in [0.717, 1.165) is 5.69 Å². The molecule has 0 bridgehead atoms. The minimum absolute atomic E-state index is 0.106. The summed E-state index contributed by atoms with van der Waals surface area (Å²) >= 11 is 0. The third-order valence-corrected chi connectivity index (χ3v) is 7.20. The predicted molar refractivity (Wildman–Crippen MR) is 123 cm³/mol. The molecule has 1 aromatic heterocycles. The number of aromatic nitrogens is 1. The molecule has 4 rings (SSSR count). The lowest BCUT2D eigenvalue weighted by Gasteiger charge is -2.45. The number of pyridine rings is 1. The average molecular weight is 450 g/mol.